The molecule has 4 saturated carbocycles. The molecular weight excluding hydrogens is 356 g/mol. The van der Waals surface area contributed by atoms with E-state index < -0.39 is 0 Å². The molecule has 0 aromatic carbocycles. The van der Waals surface area contributed by atoms with Gasteiger partial charge in [-0.3, -0.25) is 0 Å². The first kappa shape index (κ1) is 20.8. The molecule has 0 bridgehead atoms. The predicted molar refractivity (Wildman–Crippen MR) is 119 cm³/mol. The van der Waals surface area contributed by atoms with Crippen LogP contribution in [0.25, 0.3) is 0 Å². The summed E-state index contributed by atoms with van der Waals surface area (Å²) in [4.78, 5) is 0. The van der Waals surface area contributed by atoms with E-state index in [4.69, 9.17) is 4.74 Å². The van der Waals surface area contributed by atoms with E-state index in [2.05, 4.69) is 34.6 Å². The van der Waals surface area contributed by atoms with Crippen molar-refractivity contribution in [2.24, 2.45) is 46.3 Å². The minimum atomic E-state index is -0.124. The molecule has 1 heterocycles. The summed E-state index contributed by atoms with van der Waals surface area (Å²) < 4.78 is 6.51. The Balaban J connectivity index is 1.33. The summed E-state index contributed by atoms with van der Waals surface area (Å²) >= 11 is 0. The Hall–Kier alpha value is -0.0800. The number of rotatable bonds is 5. The molecule has 0 amide bonds. The van der Waals surface area contributed by atoms with Gasteiger partial charge in [-0.05, 0) is 85.9 Å². The molecule has 10 atom stereocenters. The molecule has 2 heteroatoms. The third kappa shape index (κ3) is 2.94. The van der Waals surface area contributed by atoms with Gasteiger partial charge < -0.3 is 9.84 Å². The van der Waals surface area contributed by atoms with Crippen molar-refractivity contribution >= 4 is 0 Å². The van der Waals surface area contributed by atoms with E-state index in [1.165, 1.54) is 57.8 Å². The van der Waals surface area contributed by atoms with Gasteiger partial charge in [-0.1, -0.05) is 53.9 Å². The van der Waals surface area contributed by atoms with Gasteiger partial charge >= 0.3 is 0 Å². The number of aliphatic hydroxyl groups is 1. The van der Waals surface area contributed by atoms with Crippen molar-refractivity contribution in [3.8, 4) is 0 Å². The van der Waals surface area contributed by atoms with Crippen LogP contribution in [0.3, 0.4) is 0 Å². The fourth-order valence-corrected chi connectivity index (χ4v) is 9.68. The van der Waals surface area contributed by atoms with Crippen LogP contribution in [0.1, 0.15) is 105 Å². The van der Waals surface area contributed by atoms with Crippen molar-refractivity contribution in [2.75, 3.05) is 0 Å². The predicted octanol–water partition coefficient (Wildman–Crippen LogP) is 6.60. The largest absolute Gasteiger partial charge is 0.393 e. The molecule has 1 spiro atoms. The Labute approximate surface area is 179 Å². The second-order valence-electron chi connectivity index (χ2n) is 13.0. The van der Waals surface area contributed by atoms with Gasteiger partial charge in [0.15, 0.2) is 0 Å². The maximum atomic E-state index is 10.4. The molecule has 0 radical (unpaired) electrons. The third-order valence-electron chi connectivity index (χ3n) is 11.3. The van der Waals surface area contributed by atoms with Crippen LogP contribution < -0.4 is 0 Å². The van der Waals surface area contributed by atoms with E-state index in [-0.39, 0.29) is 11.7 Å². The van der Waals surface area contributed by atoms with Gasteiger partial charge in [0.05, 0.1) is 12.2 Å². The third-order valence-corrected chi connectivity index (χ3v) is 11.3. The van der Waals surface area contributed by atoms with Crippen LogP contribution in [0.5, 0.6) is 0 Å². The zero-order valence-electron chi connectivity index (χ0n) is 19.8. The van der Waals surface area contributed by atoms with Crippen LogP contribution in [0, 0.1) is 46.3 Å². The Kier molecular flexibility index (Phi) is 4.99. The molecule has 5 rings (SSSR count). The fraction of sp³-hybridized carbons (Fsp3) is 1.00. The van der Waals surface area contributed by atoms with Crippen LogP contribution in [-0.2, 0) is 4.74 Å². The van der Waals surface area contributed by atoms with Gasteiger partial charge in [-0.25, -0.2) is 0 Å². The molecule has 0 unspecified atom stereocenters. The fourth-order valence-electron chi connectivity index (χ4n) is 9.68. The van der Waals surface area contributed by atoms with Gasteiger partial charge in [0, 0.05) is 11.8 Å². The zero-order valence-corrected chi connectivity index (χ0v) is 19.8. The molecule has 5 aliphatic rings. The Morgan fingerprint density at radius 1 is 0.966 bits per heavy atom. The summed E-state index contributed by atoms with van der Waals surface area (Å²) in [5.41, 5.74) is 0.932. The van der Waals surface area contributed by atoms with Gasteiger partial charge in [-0.2, -0.15) is 0 Å². The highest BCUT2D eigenvalue weighted by Gasteiger charge is 2.76. The lowest BCUT2D eigenvalue weighted by atomic mass is 9.44. The van der Waals surface area contributed by atoms with Crippen molar-refractivity contribution in [1.29, 1.82) is 0 Å². The van der Waals surface area contributed by atoms with E-state index in [1.807, 2.05) is 0 Å². The molecular formula is C27H46O2. The maximum absolute atomic E-state index is 10.4. The molecule has 5 fully saturated rings. The van der Waals surface area contributed by atoms with E-state index in [9.17, 15) is 5.11 Å². The molecule has 0 aromatic heterocycles. The number of ether oxygens (including phenoxy) is 1. The van der Waals surface area contributed by atoms with E-state index in [0.29, 0.717) is 16.9 Å². The minimum Gasteiger partial charge on any atom is -0.393 e. The summed E-state index contributed by atoms with van der Waals surface area (Å²) in [5.74, 6) is 5.31. The van der Waals surface area contributed by atoms with Crippen molar-refractivity contribution in [1.82, 2.24) is 0 Å². The number of fused-ring (bicyclic) bond motifs is 4. The summed E-state index contributed by atoms with van der Waals surface area (Å²) in [6.07, 6.45) is 14.8. The minimum absolute atomic E-state index is 0.0434. The molecule has 2 nitrogen and oxygen atoms in total. The first-order valence-corrected chi connectivity index (χ1v) is 13.1. The number of hydrogen-bond donors (Lipinski definition) is 1. The Morgan fingerprint density at radius 2 is 1.76 bits per heavy atom. The Morgan fingerprint density at radius 3 is 2.52 bits per heavy atom. The number of epoxide rings is 1. The van der Waals surface area contributed by atoms with Crippen LogP contribution in [-0.4, -0.2) is 22.9 Å². The summed E-state index contributed by atoms with van der Waals surface area (Å²) in [7, 11) is 0. The first-order chi connectivity index (χ1) is 13.7. The van der Waals surface area contributed by atoms with E-state index in [0.717, 1.165) is 48.3 Å². The van der Waals surface area contributed by atoms with Gasteiger partial charge in [-0.15, -0.1) is 0 Å². The second-order valence-corrected chi connectivity index (χ2v) is 13.0. The quantitative estimate of drug-likeness (QED) is 0.525. The van der Waals surface area contributed by atoms with Crippen LogP contribution in [0.4, 0.5) is 0 Å². The second kappa shape index (κ2) is 6.96. The lowest BCUT2D eigenvalue weighted by molar-refractivity contribution is -0.116. The highest BCUT2D eigenvalue weighted by Crippen LogP contribution is 2.74. The smallest absolute Gasteiger partial charge is 0.103 e. The zero-order chi connectivity index (χ0) is 20.6. The van der Waals surface area contributed by atoms with Crippen LogP contribution in [0.15, 0.2) is 0 Å². The number of hydrogen-bond acceptors (Lipinski definition) is 2. The normalized spacial score (nSPS) is 54.3. The molecule has 166 valence electrons. The molecule has 1 saturated heterocycles. The van der Waals surface area contributed by atoms with Crippen molar-refractivity contribution in [3.05, 3.63) is 0 Å². The molecule has 1 aliphatic heterocycles. The average molecular weight is 403 g/mol. The average Bonchev–Trinajstić information content (AvgIpc) is 3.22. The van der Waals surface area contributed by atoms with Crippen molar-refractivity contribution < 1.29 is 9.84 Å². The lowest BCUT2D eigenvalue weighted by Crippen LogP contribution is -2.58. The SMILES string of the molecule is CC(C)CCC[C@@H](C)[C@H]1CC[C@H]2[C@@H]3C[C@@H]4O[C@@]45C[C@H](O)CC[C@]5(C)[C@H]3CC[C@]12C. The molecule has 1 N–H and O–H groups in total. The topological polar surface area (TPSA) is 32.8 Å². The summed E-state index contributed by atoms with van der Waals surface area (Å²) in [6.45, 7) is 12.6. The molecule has 29 heavy (non-hydrogen) atoms. The van der Waals surface area contributed by atoms with E-state index >= 15 is 0 Å². The van der Waals surface area contributed by atoms with Gasteiger partial charge in [0.2, 0.25) is 0 Å². The van der Waals surface area contributed by atoms with Crippen molar-refractivity contribution in [2.45, 2.75) is 123 Å². The summed E-state index contributed by atoms with van der Waals surface area (Å²) in [5, 5.41) is 10.4. The van der Waals surface area contributed by atoms with E-state index in [1.54, 1.807) is 0 Å². The lowest BCUT2D eigenvalue weighted by Gasteiger charge is -2.59. The van der Waals surface area contributed by atoms with Crippen LogP contribution >= 0.6 is 0 Å². The van der Waals surface area contributed by atoms with Gasteiger partial charge in [0.1, 0.15) is 5.60 Å². The van der Waals surface area contributed by atoms with Crippen LogP contribution in [0.2, 0.25) is 0 Å². The Bertz CT molecular complexity index is 630. The summed E-state index contributed by atoms with van der Waals surface area (Å²) in [6, 6.07) is 0. The number of aliphatic hydroxyl groups excluding tert-OH is 1. The first-order valence-electron chi connectivity index (χ1n) is 13.1. The van der Waals surface area contributed by atoms with Gasteiger partial charge in [0.25, 0.3) is 0 Å². The van der Waals surface area contributed by atoms with Crippen molar-refractivity contribution in [3.63, 3.8) is 0 Å². The monoisotopic (exact) mass is 402 g/mol. The highest BCUT2D eigenvalue weighted by atomic mass is 16.6. The molecule has 0 aromatic rings. The maximum Gasteiger partial charge on any atom is 0.103 e. The molecule has 4 aliphatic carbocycles. The highest BCUT2D eigenvalue weighted by molar-refractivity contribution is 5.24. The standard InChI is InChI=1S/C27H46O2/c1-17(2)7-6-8-18(3)21-9-10-22-20-15-24-27(29-24)16-19(28)11-14-26(27,5)23(20)12-13-25(21,22)4/h17-24,28H,6-16H2,1-5H3/t18-,19-,20+,21-,22+,23+,24+,25-,26-,27+/m1/s1.